The standard InChI is InChI=1S/C14H26N4OS/c1-15-9-13-12(10-19-4)16-14(20-13)18(3)11-5-7-17(2)8-6-11/h11,15H,5-10H2,1-4H3. The Morgan fingerprint density at radius 3 is 2.75 bits per heavy atom. The van der Waals surface area contributed by atoms with Gasteiger partial charge in [0, 0.05) is 31.6 Å². The lowest BCUT2D eigenvalue weighted by atomic mass is 10.0. The SMILES string of the molecule is CNCc1sc(N(C)C2CCN(C)CC2)nc1COC. The average molecular weight is 298 g/mol. The van der Waals surface area contributed by atoms with Crippen molar-refractivity contribution in [3.8, 4) is 0 Å². The predicted octanol–water partition coefficient (Wildman–Crippen LogP) is 1.54. The molecule has 1 aliphatic rings. The quantitative estimate of drug-likeness (QED) is 0.863. The zero-order valence-corrected chi connectivity index (χ0v) is 13.8. The van der Waals surface area contributed by atoms with Gasteiger partial charge in [-0.3, -0.25) is 0 Å². The van der Waals surface area contributed by atoms with Crippen molar-refractivity contribution in [1.29, 1.82) is 0 Å². The van der Waals surface area contributed by atoms with E-state index in [4.69, 9.17) is 9.72 Å². The van der Waals surface area contributed by atoms with Gasteiger partial charge in [0.15, 0.2) is 5.13 Å². The zero-order valence-electron chi connectivity index (χ0n) is 13.0. The second-order valence-electron chi connectivity index (χ2n) is 5.48. The minimum atomic E-state index is 0.592. The summed E-state index contributed by atoms with van der Waals surface area (Å²) in [6, 6.07) is 0.607. The van der Waals surface area contributed by atoms with Gasteiger partial charge in [-0.2, -0.15) is 0 Å². The molecule has 1 aromatic heterocycles. The molecule has 0 aliphatic carbocycles. The lowest BCUT2D eigenvalue weighted by molar-refractivity contribution is 0.181. The largest absolute Gasteiger partial charge is 0.378 e. The Morgan fingerprint density at radius 1 is 1.45 bits per heavy atom. The molecule has 114 valence electrons. The van der Waals surface area contributed by atoms with Crippen molar-refractivity contribution in [1.82, 2.24) is 15.2 Å². The summed E-state index contributed by atoms with van der Waals surface area (Å²) in [5.74, 6) is 0. The summed E-state index contributed by atoms with van der Waals surface area (Å²) in [4.78, 5) is 10.8. The zero-order chi connectivity index (χ0) is 14.5. The molecule has 0 bridgehead atoms. The van der Waals surface area contributed by atoms with Gasteiger partial charge in [-0.1, -0.05) is 0 Å². The van der Waals surface area contributed by atoms with Crippen LogP contribution < -0.4 is 10.2 Å². The van der Waals surface area contributed by atoms with Crippen LogP contribution in [0.25, 0.3) is 0 Å². The number of nitrogens with zero attached hydrogens (tertiary/aromatic N) is 3. The first kappa shape index (κ1) is 15.7. The van der Waals surface area contributed by atoms with Crippen LogP contribution in [0.3, 0.4) is 0 Å². The first-order valence-electron chi connectivity index (χ1n) is 7.19. The highest BCUT2D eigenvalue weighted by molar-refractivity contribution is 7.15. The fourth-order valence-corrected chi connectivity index (χ4v) is 3.72. The van der Waals surface area contributed by atoms with E-state index in [-0.39, 0.29) is 0 Å². The summed E-state index contributed by atoms with van der Waals surface area (Å²) in [5.41, 5.74) is 1.07. The molecule has 2 rings (SSSR count). The third-order valence-corrected chi connectivity index (χ3v) is 5.11. The number of hydrogen-bond donors (Lipinski definition) is 1. The number of rotatable bonds is 6. The molecule has 0 atom stereocenters. The molecule has 1 saturated heterocycles. The maximum atomic E-state index is 5.26. The number of nitrogens with one attached hydrogen (secondary N) is 1. The highest BCUT2D eigenvalue weighted by Gasteiger charge is 2.23. The van der Waals surface area contributed by atoms with Crippen LogP contribution in [0.4, 0.5) is 5.13 Å². The van der Waals surface area contributed by atoms with E-state index < -0.39 is 0 Å². The number of thiazole rings is 1. The molecule has 0 radical (unpaired) electrons. The van der Waals surface area contributed by atoms with Gasteiger partial charge in [-0.15, -0.1) is 11.3 Å². The van der Waals surface area contributed by atoms with E-state index in [9.17, 15) is 0 Å². The highest BCUT2D eigenvalue weighted by atomic mass is 32.1. The van der Waals surface area contributed by atoms with Crippen molar-refractivity contribution >= 4 is 16.5 Å². The van der Waals surface area contributed by atoms with Crippen LogP contribution in [0, 0.1) is 0 Å². The average Bonchev–Trinajstić information content (AvgIpc) is 2.83. The number of piperidine rings is 1. The van der Waals surface area contributed by atoms with Crippen molar-refractivity contribution in [2.75, 3.05) is 46.2 Å². The molecule has 0 aromatic carbocycles. The highest BCUT2D eigenvalue weighted by Crippen LogP contribution is 2.29. The third-order valence-electron chi connectivity index (χ3n) is 3.92. The van der Waals surface area contributed by atoms with Crippen LogP contribution in [0.5, 0.6) is 0 Å². The van der Waals surface area contributed by atoms with E-state index in [2.05, 4.69) is 29.2 Å². The molecule has 0 spiro atoms. The van der Waals surface area contributed by atoms with E-state index in [1.54, 1.807) is 18.4 Å². The lowest BCUT2D eigenvalue weighted by Gasteiger charge is -2.34. The Labute approximate surface area is 125 Å². The Balaban J connectivity index is 2.08. The van der Waals surface area contributed by atoms with E-state index in [0.717, 1.165) is 17.4 Å². The van der Waals surface area contributed by atoms with E-state index in [0.29, 0.717) is 12.6 Å². The number of ether oxygens (including phenoxy) is 1. The predicted molar refractivity (Wildman–Crippen MR) is 84.5 cm³/mol. The monoisotopic (exact) mass is 298 g/mol. The molecule has 1 aliphatic heterocycles. The molecule has 1 aromatic rings. The first-order chi connectivity index (χ1) is 9.65. The number of likely N-dealkylation sites (tertiary alicyclic amines) is 1. The van der Waals surface area contributed by atoms with Crippen LogP contribution in [-0.4, -0.2) is 57.3 Å². The van der Waals surface area contributed by atoms with E-state index in [1.807, 2.05) is 7.05 Å². The van der Waals surface area contributed by atoms with Gasteiger partial charge in [-0.25, -0.2) is 4.98 Å². The molecule has 6 heteroatoms. The summed E-state index contributed by atoms with van der Waals surface area (Å²) in [6.07, 6.45) is 2.43. The minimum Gasteiger partial charge on any atom is -0.378 e. The van der Waals surface area contributed by atoms with Gasteiger partial charge in [0.05, 0.1) is 12.3 Å². The molecule has 2 heterocycles. The van der Waals surface area contributed by atoms with Crippen LogP contribution in [0.1, 0.15) is 23.4 Å². The molecule has 0 unspecified atom stereocenters. The Morgan fingerprint density at radius 2 is 2.15 bits per heavy atom. The molecule has 1 fully saturated rings. The fraction of sp³-hybridized carbons (Fsp3) is 0.786. The molecular formula is C14H26N4OS. The summed E-state index contributed by atoms with van der Waals surface area (Å²) in [6.45, 7) is 3.80. The van der Waals surface area contributed by atoms with Crippen molar-refractivity contribution in [2.24, 2.45) is 0 Å². The van der Waals surface area contributed by atoms with Gasteiger partial charge in [-0.05, 0) is 40.0 Å². The number of anilines is 1. The molecule has 1 N–H and O–H groups in total. The van der Waals surface area contributed by atoms with Crippen molar-refractivity contribution < 1.29 is 4.74 Å². The Hall–Kier alpha value is -0.690. The molecule has 5 nitrogen and oxygen atoms in total. The summed E-state index contributed by atoms with van der Waals surface area (Å²) in [5, 5.41) is 4.33. The van der Waals surface area contributed by atoms with Gasteiger partial charge in [0.25, 0.3) is 0 Å². The van der Waals surface area contributed by atoms with Crippen molar-refractivity contribution in [2.45, 2.75) is 32.0 Å². The Bertz CT molecular complexity index is 392. The third kappa shape index (κ3) is 3.69. The maximum absolute atomic E-state index is 5.26. The van der Waals surface area contributed by atoms with Crippen LogP contribution in [-0.2, 0) is 17.9 Å². The smallest absolute Gasteiger partial charge is 0.185 e. The van der Waals surface area contributed by atoms with Gasteiger partial charge in [0.2, 0.25) is 0 Å². The van der Waals surface area contributed by atoms with Crippen LogP contribution in [0.15, 0.2) is 0 Å². The van der Waals surface area contributed by atoms with E-state index in [1.165, 1.54) is 30.8 Å². The minimum absolute atomic E-state index is 0.592. The number of aromatic nitrogens is 1. The van der Waals surface area contributed by atoms with Crippen LogP contribution in [0.2, 0.25) is 0 Å². The second-order valence-corrected chi connectivity index (χ2v) is 6.54. The molecule has 20 heavy (non-hydrogen) atoms. The normalized spacial score (nSPS) is 17.6. The van der Waals surface area contributed by atoms with E-state index >= 15 is 0 Å². The fourth-order valence-electron chi connectivity index (χ4n) is 2.61. The number of methoxy groups -OCH3 is 1. The van der Waals surface area contributed by atoms with Gasteiger partial charge in [0.1, 0.15) is 0 Å². The summed E-state index contributed by atoms with van der Waals surface area (Å²) >= 11 is 1.79. The van der Waals surface area contributed by atoms with Crippen LogP contribution >= 0.6 is 11.3 Å². The summed E-state index contributed by atoms with van der Waals surface area (Å²) in [7, 11) is 8.06. The van der Waals surface area contributed by atoms with Crippen molar-refractivity contribution in [3.63, 3.8) is 0 Å². The lowest BCUT2D eigenvalue weighted by Crippen LogP contribution is -2.41. The topological polar surface area (TPSA) is 40.6 Å². The molecule has 0 saturated carbocycles. The Kier molecular flexibility index (Phi) is 5.77. The van der Waals surface area contributed by atoms with Gasteiger partial charge < -0.3 is 19.9 Å². The maximum Gasteiger partial charge on any atom is 0.185 e. The van der Waals surface area contributed by atoms with Gasteiger partial charge >= 0.3 is 0 Å². The second kappa shape index (κ2) is 7.36. The number of hydrogen-bond acceptors (Lipinski definition) is 6. The summed E-state index contributed by atoms with van der Waals surface area (Å²) < 4.78 is 5.26. The molecular weight excluding hydrogens is 272 g/mol. The molecule has 0 amide bonds. The first-order valence-corrected chi connectivity index (χ1v) is 8.00. The van der Waals surface area contributed by atoms with Crippen molar-refractivity contribution in [3.05, 3.63) is 10.6 Å².